The largest absolute Gasteiger partial charge is 0.381 e. The normalized spacial score (nSPS) is 18.6. The molecule has 0 unspecified atom stereocenters. The molecule has 0 spiro atoms. The highest BCUT2D eigenvalue weighted by Crippen LogP contribution is 2.34. The molecule has 144 valence electrons. The fourth-order valence-electron chi connectivity index (χ4n) is 3.68. The van der Waals surface area contributed by atoms with Crippen LogP contribution < -0.4 is 0 Å². The lowest BCUT2D eigenvalue weighted by atomic mass is 9.84. The first-order chi connectivity index (χ1) is 12.9. The van der Waals surface area contributed by atoms with E-state index in [1.807, 2.05) is 19.9 Å². The molecular weight excluding hydrogens is 350 g/mol. The third kappa shape index (κ3) is 4.16. The molecule has 1 aliphatic rings. The van der Waals surface area contributed by atoms with Gasteiger partial charge in [0, 0.05) is 30.8 Å². The van der Waals surface area contributed by atoms with E-state index >= 15 is 0 Å². The number of hydrogen-bond donors (Lipinski definition) is 1. The minimum absolute atomic E-state index is 0.0186. The highest BCUT2D eigenvalue weighted by Gasteiger charge is 2.42. The van der Waals surface area contributed by atoms with E-state index in [2.05, 4.69) is 20.7 Å². The van der Waals surface area contributed by atoms with Crippen LogP contribution in [0.3, 0.4) is 0 Å². The van der Waals surface area contributed by atoms with Gasteiger partial charge >= 0.3 is 0 Å². The van der Waals surface area contributed by atoms with Gasteiger partial charge in [-0.3, -0.25) is 4.90 Å². The molecule has 2 atom stereocenters. The predicted molar refractivity (Wildman–Crippen MR) is 97.8 cm³/mol. The van der Waals surface area contributed by atoms with Crippen molar-refractivity contribution in [3.8, 4) is 0 Å². The number of benzene rings is 1. The third-order valence-electron chi connectivity index (χ3n) is 5.26. The molecule has 3 rings (SSSR count). The molecule has 0 saturated carbocycles. The molecule has 5 nitrogen and oxygen atoms in total. The van der Waals surface area contributed by atoms with E-state index in [1.165, 1.54) is 35.0 Å². The van der Waals surface area contributed by atoms with Crippen LogP contribution in [0.1, 0.15) is 32.3 Å². The monoisotopic (exact) mass is 374 g/mol. The van der Waals surface area contributed by atoms with Crippen LogP contribution in [0.25, 0.3) is 0 Å². The van der Waals surface area contributed by atoms with E-state index in [4.69, 9.17) is 0 Å². The molecule has 0 amide bonds. The summed E-state index contributed by atoms with van der Waals surface area (Å²) in [7, 11) is 0. The van der Waals surface area contributed by atoms with Crippen LogP contribution in [-0.2, 0) is 12.1 Å². The zero-order valence-electron chi connectivity index (χ0n) is 15.6. The Balaban J connectivity index is 1.93. The molecule has 0 bridgehead atoms. The number of nitrogens with zero attached hydrogens (tertiary/aromatic N) is 4. The molecule has 0 aliphatic carbocycles. The standard InChI is InChI=1S/C20H24F2N4O/c1-3-4-16-7-9-25(10-8-16)15(2)20(27,12-26-14-23-13-24-26)18-6-5-17(21)11-19(18)22/h3,5-6,11,13-15,27H,7-10,12H2,1-2H3/t15-,20-/m1/s1. The lowest BCUT2D eigenvalue weighted by Crippen LogP contribution is -2.53. The Morgan fingerprint density at radius 1 is 1.33 bits per heavy atom. The first-order valence-corrected chi connectivity index (χ1v) is 9.07. The summed E-state index contributed by atoms with van der Waals surface area (Å²) in [5.74, 6) is -1.44. The second-order valence-corrected chi connectivity index (χ2v) is 6.89. The molecule has 1 aromatic carbocycles. The zero-order valence-corrected chi connectivity index (χ0v) is 15.6. The number of rotatable bonds is 5. The minimum Gasteiger partial charge on any atom is -0.381 e. The molecule has 1 fully saturated rings. The predicted octanol–water partition coefficient (Wildman–Crippen LogP) is 3.03. The van der Waals surface area contributed by atoms with Crippen molar-refractivity contribution < 1.29 is 13.9 Å². The number of aliphatic hydroxyl groups is 1. The lowest BCUT2D eigenvalue weighted by Gasteiger charge is -2.43. The van der Waals surface area contributed by atoms with Crippen LogP contribution in [-0.4, -0.2) is 43.9 Å². The zero-order chi connectivity index (χ0) is 19.4. The summed E-state index contributed by atoms with van der Waals surface area (Å²) >= 11 is 0. The Labute approximate surface area is 157 Å². The average molecular weight is 374 g/mol. The number of aromatic nitrogens is 3. The quantitative estimate of drug-likeness (QED) is 0.818. The summed E-state index contributed by atoms with van der Waals surface area (Å²) in [5, 5.41) is 15.6. The van der Waals surface area contributed by atoms with Crippen molar-refractivity contribution in [3.63, 3.8) is 0 Å². The molecule has 7 heteroatoms. The summed E-state index contributed by atoms with van der Waals surface area (Å²) in [6.45, 7) is 5.30. The minimum atomic E-state index is -1.59. The van der Waals surface area contributed by atoms with E-state index in [0.717, 1.165) is 32.0 Å². The van der Waals surface area contributed by atoms with Gasteiger partial charge in [0.2, 0.25) is 0 Å². The van der Waals surface area contributed by atoms with E-state index in [-0.39, 0.29) is 12.1 Å². The molecule has 1 aromatic heterocycles. The van der Waals surface area contributed by atoms with Crippen molar-refractivity contribution in [1.82, 2.24) is 19.7 Å². The van der Waals surface area contributed by atoms with Gasteiger partial charge in [-0.05, 0) is 44.4 Å². The number of hydrogen-bond acceptors (Lipinski definition) is 4. The van der Waals surface area contributed by atoms with Gasteiger partial charge in [0.15, 0.2) is 0 Å². The van der Waals surface area contributed by atoms with Gasteiger partial charge in [-0.2, -0.15) is 5.10 Å². The summed E-state index contributed by atoms with van der Waals surface area (Å²) < 4.78 is 29.5. The second kappa shape index (κ2) is 8.13. The lowest BCUT2D eigenvalue weighted by molar-refractivity contribution is -0.0657. The highest BCUT2D eigenvalue weighted by atomic mass is 19.1. The van der Waals surface area contributed by atoms with Gasteiger partial charge in [0.1, 0.15) is 29.9 Å². The summed E-state index contributed by atoms with van der Waals surface area (Å²) in [6, 6.07) is 2.87. The summed E-state index contributed by atoms with van der Waals surface area (Å²) in [6.07, 6.45) is 6.44. The maximum atomic E-state index is 14.6. The maximum absolute atomic E-state index is 14.6. The van der Waals surface area contributed by atoms with E-state index in [1.54, 1.807) is 0 Å². The van der Waals surface area contributed by atoms with Gasteiger partial charge in [-0.15, -0.1) is 5.73 Å². The topological polar surface area (TPSA) is 54.2 Å². The van der Waals surface area contributed by atoms with Crippen LogP contribution in [0.4, 0.5) is 8.78 Å². The van der Waals surface area contributed by atoms with Crippen LogP contribution >= 0.6 is 0 Å². The fraction of sp³-hybridized carbons (Fsp3) is 0.450. The average Bonchev–Trinajstić information content (AvgIpc) is 3.14. The molecule has 0 radical (unpaired) electrons. The van der Waals surface area contributed by atoms with Gasteiger partial charge in [0.25, 0.3) is 0 Å². The van der Waals surface area contributed by atoms with Gasteiger partial charge in [-0.1, -0.05) is 6.07 Å². The number of piperidine rings is 1. The second-order valence-electron chi connectivity index (χ2n) is 6.89. The molecule has 2 heterocycles. The number of likely N-dealkylation sites (tertiary alicyclic amines) is 1. The summed E-state index contributed by atoms with van der Waals surface area (Å²) in [4.78, 5) is 6.02. The fourth-order valence-corrected chi connectivity index (χ4v) is 3.68. The molecule has 2 aromatic rings. The van der Waals surface area contributed by atoms with Crippen LogP contribution in [0.15, 0.2) is 48.2 Å². The van der Waals surface area contributed by atoms with Crippen molar-refractivity contribution in [2.75, 3.05) is 13.1 Å². The first kappa shape index (κ1) is 19.4. The van der Waals surface area contributed by atoms with Crippen LogP contribution in [0, 0.1) is 11.6 Å². The van der Waals surface area contributed by atoms with Crippen LogP contribution in [0.2, 0.25) is 0 Å². The molecule has 1 N–H and O–H groups in total. The van der Waals surface area contributed by atoms with Crippen LogP contribution in [0.5, 0.6) is 0 Å². The molecule has 1 aliphatic heterocycles. The Morgan fingerprint density at radius 2 is 2.07 bits per heavy atom. The van der Waals surface area contributed by atoms with Crippen molar-refractivity contribution in [2.45, 2.75) is 44.9 Å². The summed E-state index contributed by atoms with van der Waals surface area (Å²) in [5.41, 5.74) is 2.96. The van der Waals surface area contributed by atoms with E-state index in [9.17, 15) is 13.9 Å². The Bertz CT molecular complexity index is 836. The maximum Gasteiger partial charge on any atom is 0.137 e. The SMILES string of the molecule is CC=C=C1CCN([C@H](C)[C@](O)(Cn2cncn2)c2ccc(F)cc2F)CC1. The smallest absolute Gasteiger partial charge is 0.137 e. The van der Waals surface area contributed by atoms with E-state index in [0.29, 0.717) is 0 Å². The molecule has 27 heavy (non-hydrogen) atoms. The van der Waals surface area contributed by atoms with Crippen molar-refractivity contribution in [1.29, 1.82) is 0 Å². The third-order valence-corrected chi connectivity index (χ3v) is 5.26. The Kier molecular flexibility index (Phi) is 5.85. The number of halogens is 2. The van der Waals surface area contributed by atoms with E-state index < -0.39 is 23.3 Å². The first-order valence-electron chi connectivity index (χ1n) is 9.07. The van der Waals surface area contributed by atoms with Crippen molar-refractivity contribution >= 4 is 0 Å². The molecule has 1 saturated heterocycles. The molecular formula is C20H24F2N4O. The Morgan fingerprint density at radius 3 is 2.67 bits per heavy atom. The highest BCUT2D eigenvalue weighted by molar-refractivity contribution is 5.27. The van der Waals surface area contributed by atoms with Gasteiger partial charge < -0.3 is 5.11 Å². The van der Waals surface area contributed by atoms with Gasteiger partial charge in [0.05, 0.1) is 6.54 Å². The van der Waals surface area contributed by atoms with Crippen molar-refractivity contribution in [3.05, 3.63) is 65.4 Å². The van der Waals surface area contributed by atoms with Crippen molar-refractivity contribution in [2.24, 2.45) is 0 Å². The van der Waals surface area contributed by atoms with Gasteiger partial charge in [-0.25, -0.2) is 18.4 Å². The Hall–Kier alpha value is -2.34.